The van der Waals surface area contributed by atoms with Gasteiger partial charge in [0.2, 0.25) is 0 Å². The van der Waals surface area contributed by atoms with E-state index >= 15 is 0 Å². The Kier molecular flexibility index (Phi) is 5.83. The van der Waals surface area contributed by atoms with Gasteiger partial charge in [0.25, 0.3) is 0 Å². The van der Waals surface area contributed by atoms with Crippen LogP contribution in [-0.4, -0.2) is 6.04 Å². The standard InChI is InChI=1S/C22H19F9N2/c23-20(24,25)13-3-4-17-16(8-13)19(9-18(33-17)12-1-2-12)32-10-11-5-14(21(26,27)28)7-15(6-11)22(29,30)31/h3-8,12,18-19,32-33H,1-2,9-10H2. The first-order chi connectivity index (χ1) is 15.2. The van der Waals surface area contributed by atoms with Crippen LogP contribution in [-0.2, 0) is 25.1 Å². The fourth-order valence-corrected chi connectivity index (χ4v) is 4.16. The van der Waals surface area contributed by atoms with Crippen LogP contribution in [0.5, 0.6) is 0 Å². The lowest BCUT2D eigenvalue weighted by atomic mass is 9.89. The molecule has 2 atom stereocenters. The summed E-state index contributed by atoms with van der Waals surface area (Å²) in [6, 6.07) is 3.80. The molecular weight excluding hydrogens is 463 g/mol. The van der Waals surface area contributed by atoms with Crippen molar-refractivity contribution in [3.05, 3.63) is 64.2 Å². The quantitative estimate of drug-likeness (QED) is 0.452. The van der Waals surface area contributed by atoms with Crippen LogP contribution < -0.4 is 10.6 Å². The number of hydrogen-bond donors (Lipinski definition) is 2. The van der Waals surface area contributed by atoms with E-state index in [0.717, 1.165) is 25.0 Å². The molecule has 0 saturated heterocycles. The van der Waals surface area contributed by atoms with Crippen LogP contribution in [0.15, 0.2) is 36.4 Å². The molecule has 0 spiro atoms. The maximum absolute atomic E-state index is 13.2. The molecule has 2 N–H and O–H groups in total. The molecule has 1 heterocycles. The van der Waals surface area contributed by atoms with Crippen molar-refractivity contribution < 1.29 is 39.5 Å². The molecule has 180 valence electrons. The molecule has 0 bridgehead atoms. The van der Waals surface area contributed by atoms with Crippen LogP contribution in [0, 0.1) is 5.92 Å². The Morgan fingerprint density at radius 3 is 1.85 bits per heavy atom. The monoisotopic (exact) mass is 482 g/mol. The number of halogens is 9. The number of anilines is 1. The molecule has 0 aromatic heterocycles. The minimum Gasteiger partial charge on any atom is -0.382 e. The van der Waals surface area contributed by atoms with Crippen molar-refractivity contribution in [2.45, 2.75) is 56.4 Å². The summed E-state index contributed by atoms with van der Waals surface area (Å²) in [5.74, 6) is 0.329. The van der Waals surface area contributed by atoms with E-state index in [1.165, 1.54) is 6.07 Å². The molecule has 1 fully saturated rings. The number of benzene rings is 2. The van der Waals surface area contributed by atoms with E-state index in [-0.39, 0.29) is 29.8 Å². The number of alkyl halides is 9. The lowest BCUT2D eigenvalue weighted by Crippen LogP contribution is -2.36. The lowest BCUT2D eigenvalue weighted by Gasteiger charge is -2.34. The fourth-order valence-electron chi connectivity index (χ4n) is 4.16. The molecule has 2 unspecified atom stereocenters. The van der Waals surface area contributed by atoms with Crippen molar-refractivity contribution in [2.75, 3.05) is 5.32 Å². The maximum atomic E-state index is 13.2. The van der Waals surface area contributed by atoms with Crippen molar-refractivity contribution >= 4 is 5.69 Å². The predicted molar refractivity (Wildman–Crippen MR) is 102 cm³/mol. The van der Waals surface area contributed by atoms with E-state index in [0.29, 0.717) is 30.2 Å². The normalized spacial score (nSPS) is 21.5. The Labute approximate surface area is 183 Å². The first-order valence-corrected chi connectivity index (χ1v) is 10.2. The molecule has 4 rings (SSSR count). The molecule has 0 radical (unpaired) electrons. The Morgan fingerprint density at radius 2 is 1.33 bits per heavy atom. The average molecular weight is 482 g/mol. The van der Waals surface area contributed by atoms with Gasteiger partial charge in [0.1, 0.15) is 0 Å². The molecule has 2 nitrogen and oxygen atoms in total. The van der Waals surface area contributed by atoms with Gasteiger partial charge < -0.3 is 10.6 Å². The van der Waals surface area contributed by atoms with E-state index in [9.17, 15) is 39.5 Å². The Hall–Kier alpha value is -2.43. The van der Waals surface area contributed by atoms with Crippen molar-refractivity contribution in [1.82, 2.24) is 5.32 Å². The summed E-state index contributed by atoms with van der Waals surface area (Å²) in [5, 5.41) is 6.12. The first-order valence-electron chi connectivity index (χ1n) is 10.2. The topological polar surface area (TPSA) is 24.1 Å². The summed E-state index contributed by atoms with van der Waals surface area (Å²) in [7, 11) is 0. The van der Waals surface area contributed by atoms with E-state index in [1.54, 1.807) is 0 Å². The van der Waals surface area contributed by atoms with Crippen molar-refractivity contribution in [3.8, 4) is 0 Å². The SMILES string of the molecule is FC(F)(F)c1cc(CNC2CC(C3CC3)Nc3ccc(C(F)(F)F)cc32)cc(C(F)(F)F)c1. The highest BCUT2D eigenvalue weighted by atomic mass is 19.4. The summed E-state index contributed by atoms with van der Waals surface area (Å²) in [4.78, 5) is 0. The highest BCUT2D eigenvalue weighted by Gasteiger charge is 2.39. The van der Waals surface area contributed by atoms with E-state index in [2.05, 4.69) is 10.6 Å². The number of fused-ring (bicyclic) bond motifs is 1. The van der Waals surface area contributed by atoms with Crippen LogP contribution in [0.2, 0.25) is 0 Å². The minimum atomic E-state index is -4.98. The van der Waals surface area contributed by atoms with Crippen LogP contribution in [0.4, 0.5) is 45.2 Å². The smallest absolute Gasteiger partial charge is 0.382 e. The summed E-state index contributed by atoms with van der Waals surface area (Å²) < 4.78 is 118. The van der Waals surface area contributed by atoms with Gasteiger partial charge in [-0.3, -0.25) is 0 Å². The molecule has 33 heavy (non-hydrogen) atoms. The summed E-state index contributed by atoms with van der Waals surface area (Å²) >= 11 is 0. The third-order valence-electron chi connectivity index (χ3n) is 5.98. The Balaban J connectivity index is 1.64. The van der Waals surface area contributed by atoms with Crippen molar-refractivity contribution in [3.63, 3.8) is 0 Å². The molecule has 1 saturated carbocycles. The molecule has 1 aliphatic heterocycles. The van der Waals surface area contributed by atoms with Crippen LogP contribution in [0.1, 0.15) is 53.1 Å². The molecule has 0 amide bonds. The van der Waals surface area contributed by atoms with Gasteiger partial charge >= 0.3 is 18.5 Å². The van der Waals surface area contributed by atoms with Crippen LogP contribution in [0.25, 0.3) is 0 Å². The van der Waals surface area contributed by atoms with Crippen LogP contribution >= 0.6 is 0 Å². The third kappa shape index (κ3) is 5.39. The maximum Gasteiger partial charge on any atom is 0.416 e. The third-order valence-corrected chi connectivity index (χ3v) is 5.98. The molecule has 2 aliphatic rings. The van der Waals surface area contributed by atoms with Gasteiger partial charge in [-0.2, -0.15) is 39.5 Å². The van der Waals surface area contributed by atoms with Gasteiger partial charge in [0.05, 0.1) is 16.7 Å². The van der Waals surface area contributed by atoms with E-state index < -0.39 is 41.3 Å². The van der Waals surface area contributed by atoms with Gasteiger partial charge in [-0.1, -0.05) is 0 Å². The van der Waals surface area contributed by atoms with E-state index in [4.69, 9.17) is 0 Å². The van der Waals surface area contributed by atoms with Crippen LogP contribution in [0.3, 0.4) is 0 Å². The molecule has 2 aromatic carbocycles. The first kappa shape index (κ1) is 23.7. The second-order valence-corrected chi connectivity index (χ2v) is 8.47. The van der Waals surface area contributed by atoms with Gasteiger partial charge in [-0.25, -0.2) is 0 Å². The second kappa shape index (κ2) is 8.11. The lowest BCUT2D eigenvalue weighted by molar-refractivity contribution is -0.143. The zero-order valence-electron chi connectivity index (χ0n) is 16.9. The number of rotatable bonds is 4. The number of hydrogen-bond acceptors (Lipinski definition) is 2. The van der Waals surface area contributed by atoms with Gasteiger partial charge in [-0.15, -0.1) is 0 Å². The van der Waals surface area contributed by atoms with Gasteiger partial charge in [0.15, 0.2) is 0 Å². The van der Waals surface area contributed by atoms with E-state index in [1.807, 2.05) is 0 Å². The van der Waals surface area contributed by atoms with Gasteiger partial charge in [-0.05, 0) is 72.7 Å². The minimum absolute atomic E-state index is 0.0426. The Morgan fingerprint density at radius 1 is 0.758 bits per heavy atom. The average Bonchev–Trinajstić information content (AvgIpc) is 3.54. The summed E-state index contributed by atoms with van der Waals surface area (Å²) in [6.07, 6.45) is -12.3. The fraction of sp³-hybridized carbons (Fsp3) is 0.455. The highest BCUT2D eigenvalue weighted by molar-refractivity contribution is 5.57. The molecule has 1 aliphatic carbocycles. The molecule has 2 aromatic rings. The predicted octanol–water partition coefficient (Wildman–Crippen LogP) is 7.17. The summed E-state index contributed by atoms with van der Waals surface area (Å²) in [6.45, 7) is -0.370. The summed E-state index contributed by atoms with van der Waals surface area (Å²) in [5.41, 5.74) is -3.25. The zero-order valence-corrected chi connectivity index (χ0v) is 16.9. The largest absolute Gasteiger partial charge is 0.416 e. The number of nitrogens with one attached hydrogen (secondary N) is 2. The second-order valence-electron chi connectivity index (χ2n) is 8.47. The zero-order chi connectivity index (χ0) is 24.2. The molecular formula is C22H19F9N2. The van der Waals surface area contributed by atoms with Crippen molar-refractivity contribution in [2.24, 2.45) is 5.92 Å². The van der Waals surface area contributed by atoms with Gasteiger partial charge in [0, 0.05) is 24.3 Å². The molecule has 11 heteroatoms. The Bertz CT molecular complexity index is 988. The highest BCUT2D eigenvalue weighted by Crippen LogP contribution is 2.44. The van der Waals surface area contributed by atoms with Crippen molar-refractivity contribution in [1.29, 1.82) is 0 Å².